The summed E-state index contributed by atoms with van der Waals surface area (Å²) in [6.07, 6.45) is -0.250. The highest BCUT2D eigenvalue weighted by Gasteiger charge is 2.15. The van der Waals surface area contributed by atoms with E-state index in [4.69, 9.17) is 14.2 Å². The molecule has 0 saturated carbocycles. The molecule has 0 aromatic heterocycles. The lowest BCUT2D eigenvalue weighted by Gasteiger charge is -2.19. The summed E-state index contributed by atoms with van der Waals surface area (Å²) in [7, 11) is 3.08. The Hall–Kier alpha value is -2.97. The van der Waals surface area contributed by atoms with Gasteiger partial charge in [0.15, 0.2) is 11.5 Å². The summed E-state index contributed by atoms with van der Waals surface area (Å²) in [5, 5.41) is 7.92. The summed E-state index contributed by atoms with van der Waals surface area (Å²) in [6.45, 7) is 6.06. The third-order valence-corrected chi connectivity index (χ3v) is 3.60. The maximum atomic E-state index is 12.0. The largest absolute Gasteiger partial charge is 0.493 e. The Labute approximate surface area is 171 Å². The number of alkyl carbamates (subject to hydrolysis) is 1. The fraction of sp³-hybridized carbons (Fsp3) is 0.550. The number of hydrogen-bond acceptors (Lipinski definition) is 6. The molecule has 29 heavy (non-hydrogen) atoms. The van der Waals surface area contributed by atoms with Crippen LogP contribution in [-0.2, 0) is 20.7 Å². The maximum absolute atomic E-state index is 12.0. The Morgan fingerprint density at radius 3 is 2.07 bits per heavy atom. The molecule has 1 aromatic rings. The molecule has 1 aromatic carbocycles. The highest BCUT2D eigenvalue weighted by Crippen LogP contribution is 2.27. The molecular weight excluding hydrogens is 378 g/mol. The predicted octanol–water partition coefficient (Wildman–Crippen LogP) is 1.39. The molecule has 0 spiro atoms. The van der Waals surface area contributed by atoms with Gasteiger partial charge in [-0.25, -0.2) is 4.79 Å². The van der Waals surface area contributed by atoms with Gasteiger partial charge in [-0.05, 0) is 38.5 Å². The maximum Gasteiger partial charge on any atom is 0.407 e. The first-order valence-corrected chi connectivity index (χ1v) is 9.35. The van der Waals surface area contributed by atoms with Crippen molar-refractivity contribution >= 4 is 17.9 Å². The first-order chi connectivity index (χ1) is 13.6. The van der Waals surface area contributed by atoms with E-state index >= 15 is 0 Å². The lowest BCUT2D eigenvalue weighted by atomic mass is 10.1. The first-order valence-electron chi connectivity index (χ1n) is 9.35. The molecule has 9 heteroatoms. The number of amides is 3. The number of carbonyl (C=O) groups excluding carboxylic acids is 3. The second-order valence-electron chi connectivity index (χ2n) is 7.24. The number of methoxy groups -OCH3 is 2. The SMILES string of the molecule is COc1ccc(CC(=O)NCCNC(=O)CCNC(=O)OC(C)(C)C)cc1OC. The molecule has 3 N–H and O–H groups in total. The van der Waals surface area contributed by atoms with Gasteiger partial charge in [0.05, 0.1) is 20.6 Å². The lowest BCUT2D eigenvalue weighted by molar-refractivity contribution is -0.122. The number of hydrogen-bond donors (Lipinski definition) is 3. The number of nitrogens with one attached hydrogen (secondary N) is 3. The Morgan fingerprint density at radius 2 is 1.48 bits per heavy atom. The van der Waals surface area contributed by atoms with Gasteiger partial charge in [-0.3, -0.25) is 9.59 Å². The Bertz CT molecular complexity index is 700. The van der Waals surface area contributed by atoms with Gasteiger partial charge in [-0.1, -0.05) is 6.07 Å². The summed E-state index contributed by atoms with van der Waals surface area (Å²) in [5.41, 5.74) is 0.207. The van der Waals surface area contributed by atoms with E-state index in [1.165, 1.54) is 7.11 Å². The van der Waals surface area contributed by atoms with Crippen molar-refractivity contribution in [1.82, 2.24) is 16.0 Å². The quantitative estimate of drug-likeness (QED) is 0.503. The van der Waals surface area contributed by atoms with E-state index < -0.39 is 11.7 Å². The summed E-state index contributed by atoms with van der Waals surface area (Å²) >= 11 is 0. The van der Waals surface area contributed by atoms with Crippen LogP contribution < -0.4 is 25.4 Å². The second-order valence-corrected chi connectivity index (χ2v) is 7.24. The first kappa shape index (κ1) is 24.1. The van der Waals surface area contributed by atoms with Gasteiger partial charge in [0.2, 0.25) is 11.8 Å². The fourth-order valence-corrected chi connectivity index (χ4v) is 2.32. The van der Waals surface area contributed by atoms with Crippen molar-refractivity contribution in [3.05, 3.63) is 23.8 Å². The van der Waals surface area contributed by atoms with Gasteiger partial charge in [0.1, 0.15) is 5.60 Å². The monoisotopic (exact) mass is 409 g/mol. The standard InChI is InChI=1S/C20H31N3O6/c1-20(2,3)29-19(26)23-9-8-17(24)21-10-11-22-18(25)13-14-6-7-15(27-4)16(12-14)28-5/h6-7,12H,8-11,13H2,1-5H3,(H,21,24)(H,22,25)(H,23,26). The molecule has 0 bridgehead atoms. The smallest absolute Gasteiger partial charge is 0.407 e. The molecule has 1 rings (SSSR count). The molecule has 0 radical (unpaired) electrons. The van der Waals surface area contributed by atoms with Crippen LogP contribution in [0.3, 0.4) is 0 Å². The van der Waals surface area contributed by atoms with Gasteiger partial charge in [0, 0.05) is 26.1 Å². The number of ether oxygens (including phenoxy) is 3. The van der Waals surface area contributed by atoms with Crippen LogP contribution in [0.5, 0.6) is 11.5 Å². The van der Waals surface area contributed by atoms with Crippen LogP contribution in [0, 0.1) is 0 Å². The molecule has 0 saturated heterocycles. The van der Waals surface area contributed by atoms with E-state index in [1.54, 1.807) is 46.1 Å². The summed E-state index contributed by atoms with van der Waals surface area (Å²) < 4.78 is 15.5. The second kappa shape index (κ2) is 11.8. The number of rotatable bonds is 10. The Kier molecular flexibility index (Phi) is 9.78. The fourth-order valence-electron chi connectivity index (χ4n) is 2.32. The minimum absolute atomic E-state index is 0.124. The van der Waals surface area contributed by atoms with Crippen LogP contribution in [0.25, 0.3) is 0 Å². The highest BCUT2D eigenvalue weighted by molar-refractivity contribution is 5.79. The van der Waals surface area contributed by atoms with E-state index in [0.29, 0.717) is 24.6 Å². The normalized spacial score (nSPS) is 10.7. The molecule has 3 amide bonds. The third-order valence-electron chi connectivity index (χ3n) is 3.60. The molecule has 162 valence electrons. The summed E-state index contributed by atoms with van der Waals surface area (Å²) in [6, 6.07) is 5.28. The molecular formula is C20H31N3O6. The predicted molar refractivity (Wildman–Crippen MR) is 108 cm³/mol. The van der Waals surface area contributed by atoms with Crippen LogP contribution in [0.4, 0.5) is 4.79 Å². The van der Waals surface area contributed by atoms with Crippen molar-refractivity contribution in [2.24, 2.45) is 0 Å². The van der Waals surface area contributed by atoms with E-state index in [0.717, 1.165) is 5.56 Å². The van der Waals surface area contributed by atoms with E-state index in [2.05, 4.69) is 16.0 Å². The highest BCUT2D eigenvalue weighted by atomic mass is 16.6. The Balaban J connectivity index is 2.21. The van der Waals surface area contributed by atoms with Crippen molar-refractivity contribution in [1.29, 1.82) is 0 Å². The van der Waals surface area contributed by atoms with Gasteiger partial charge in [0.25, 0.3) is 0 Å². The van der Waals surface area contributed by atoms with Crippen molar-refractivity contribution in [3.63, 3.8) is 0 Å². The number of carbonyl (C=O) groups is 3. The summed E-state index contributed by atoms with van der Waals surface area (Å²) in [4.78, 5) is 35.2. The summed E-state index contributed by atoms with van der Waals surface area (Å²) in [5.74, 6) is 0.763. The van der Waals surface area contributed by atoms with E-state index in [-0.39, 0.29) is 31.2 Å². The van der Waals surface area contributed by atoms with Crippen molar-refractivity contribution in [2.75, 3.05) is 33.9 Å². The van der Waals surface area contributed by atoms with E-state index in [9.17, 15) is 14.4 Å². The molecule has 0 heterocycles. The molecule has 0 fully saturated rings. The van der Waals surface area contributed by atoms with Gasteiger partial charge >= 0.3 is 6.09 Å². The van der Waals surface area contributed by atoms with Crippen LogP contribution in [0.2, 0.25) is 0 Å². The minimum Gasteiger partial charge on any atom is -0.493 e. The van der Waals surface area contributed by atoms with Crippen molar-refractivity contribution in [2.45, 2.75) is 39.2 Å². The third kappa shape index (κ3) is 10.2. The molecule has 0 aliphatic heterocycles. The van der Waals surface area contributed by atoms with E-state index in [1.807, 2.05) is 0 Å². The van der Waals surface area contributed by atoms with Gasteiger partial charge in [-0.15, -0.1) is 0 Å². The molecule has 0 atom stereocenters. The van der Waals surface area contributed by atoms with Crippen LogP contribution in [0.1, 0.15) is 32.8 Å². The molecule has 0 unspecified atom stereocenters. The van der Waals surface area contributed by atoms with Crippen LogP contribution >= 0.6 is 0 Å². The topological polar surface area (TPSA) is 115 Å². The average molecular weight is 409 g/mol. The Morgan fingerprint density at radius 1 is 0.862 bits per heavy atom. The van der Waals surface area contributed by atoms with Crippen molar-refractivity contribution < 1.29 is 28.6 Å². The van der Waals surface area contributed by atoms with Gasteiger partial charge < -0.3 is 30.2 Å². The van der Waals surface area contributed by atoms with Crippen LogP contribution in [0.15, 0.2) is 18.2 Å². The molecule has 0 aliphatic carbocycles. The van der Waals surface area contributed by atoms with Crippen molar-refractivity contribution in [3.8, 4) is 11.5 Å². The molecule has 0 aliphatic rings. The van der Waals surface area contributed by atoms with Crippen LogP contribution in [-0.4, -0.2) is 57.4 Å². The zero-order valence-electron chi connectivity index (χ0n) is 17.7. The lowest BCUT2D eigenvalue weighted by Crippen LogP contribution is -2.37. The molecule has 9 nitrogen and oxygen atoms in total. The van der Waals surface area contributed by atoms with Gasteiger partial charge in [-0.2, -0.15) is 0 Å². The number of benzene rings is 1. The average Bonchev–Trinajstić information content (AvgIpc) is 2.63. The zero-order chi connectivity index (χ0) is 21.9. The zero-order valence-corrected chi connectivity index (χ0v) is 17.7. The minimum atomic E-state index is -0.582.